The standard InChI is InChI=1S/C9H14O3/c1-8(7-10)2-3-9(6-8)11-4-5-12-9/h7H,2-6H2,1H3/t8-/m0/s1. The summed E-state index contributed by atoms with van der Waals surface area (Å²) >= 11 is 0. The van der Waals surface area contributed by atoms with Crippen LogP contribution in [0.5, 0.6) is 0 Å². The van der Waals surface area contributed by atoms with Gasteiger partial charge >= 0.3 is 0 Å². The molecule has 1 saturated carbocycles. The van der Waals surface area contributed by atoms with Gasteiger partial charge in [0.25, 0.3) is 0 Å². The van der Waals surface area contributed by atoms with E-state index in [0.717, 1.165) is 25.5 Å². The van der Waals surface area contributed by atoms with Crippen molar-refractivity contribution in [1.82, 2.24) is 0 Å². The van der Waals surface area contributed by atoms with Gasteiger partial charge in [0.1, 0.15) is 6.29 Å². The van der Waals surface area contributed by atoms with Crippen LogP contribution in [-0.4, -0.2) is 25.3 Å². The highest BCUT2D eigenvalue weighted by atomic mass is 16.7. The molecule has 1 aliphatic heterocycles. The van der Waals surface area contributed by atoms with Crippen molar-refractivity contribution in [2.45, 2.75) is 32.0 Å². The van der Waals surface area contributed by atoms with E-state index in [-0.39, 0.29) is 5.41 Å². The smallest absolute Gasteiger partial charge is 0.169 e. The summed E-state index contributed by atoms with van der Waals surface area (Å²) in [7, 11) is 0. The van der Waals surface area contributed by atoms with E-state index in [9.17, 15) is 4.79 Å². The van der Waals surface area contributed by atoms with Gasteiger partial charge in [-0.3, -0.25) is 0 Å². The van der Waals surface area contributed by atoms with Crippen molar-refractivity contribution < 1.29 is 14.3 Å². The first-order chi connectivity index (χ1) is 5.68. The third-order valence-corrected chi connectivity index (χ3v) is 2.85. The van der Waals surface area contributed by atoms with Crippen molar-refractivity contribution in [2.75, 3.05) is 13.2 Å². The Morgan fingerprint density at radius 3 is 2.42 bits per heavy atom. The van der Waals surface area contributed by atoms with Crippen molar-refractivity contribution >= 4 is 6.29 Å². The first-order valence-corrected chi connectivity index (χ1v) is 4.42. The summed E-state index contributed by atoms with van der Waals surface area (Å²) in [6.45, 7) is 3.32. The largest absolute Gasteiger partial charge is 0.348 e. The summed E-state index contributed by atoms with van der Waals surface area (Å²) < 4.78 is 11.0. The summed E-state index contributed by atoms with van der Waals surface area (Å²) in [4.78, 5) is 10.8. The van der Waals surface area contributed by atoms with Gasteiger partial charge in [-0.15, -0.1) is 0 Å². The van der Waals surface area contributed by atoms with Crippen molar-refractivity contribution in [3.05, 3.63) is 0 Å². The van der Waals surface area contributed by atoms with Gasteiger partial charge in [0.15, 0.2) is 5.79 Å². The van der Waals surface area contributed by atoms with Gasteiger partial charge in [-0.25, -0.2) is 0 Å². The Bertz CT molecular complexity index is 196. The normalized spacial score (nSPS) is 39.1. The molecule has 0 aromatic carbocycles. The van der Waals surface area contributed by atoms with E-state index in [4.69, 9.17) is 9.47 Å². The summed E-state index contributed by atoms with van der Waals surface area (Å²) in [6, 6.07) is 0. The van der Waals surface area contributed by atoms with Gasteiger partial charge in [-0.1, -0.05) is 6.92 Å². The molecule has 0 aromatic rings. The molecule has 68 valence electrons. The molecule has 1 heterocycles. The molecule has 3 heteroatoms. The van der Waals surface area contributed by atoms with Gasteiger partial charge in [0.05, 0.1) is 13.2 Å². The molecule has 1 aliphatic carbocycles. The maximum Gasteiger partial charge on any atom is 0.169 e. The Kier molecular flexibility index (Phi) is 1.73. The topological polar surface area (TPSA) is 35.5 Å². The van der Waals surface area contributed by atoms with Crippen LogP contribution in [0.2, 0.25) is 0 Å². The van der Waals surface area contributed by atoms with Crippen LogP contribution in [-0.2, 0) is 14.3 Å². The van der Waals surface area contributed by atoms with Gasteiger partial charge in [-0.05, 0) is 6.42 Å². The average Bonchev–Trinajstić information content (AvgIpc) is 2.63. The quantitative estimate of drug-likeness (QED) is 0.553. The first kappa shape index (κ1) is 8.20. The second-order valence-electron chi connectivity index (χ2n) is 4.06. The number of carbonyl (C=O) groups is 1. The highest BCUT2D eigenvalue weighted by molar-refractivity contribution is 5.59. The molecule has 3 nitrogen and oxygen atoms in total. The Hall–Kier alpha value is -0.410. The van der Waals surface area contributed by atoms with Crippen LogP contribution in [0.4, 0.5) is 0 Å². The zero-order valence-corrected chi connectivity index (χ0v) is 7.34. The monoisotopic (exact) mass is 170 g/mol. The van der Waals surface area contributed by atoms with E-state index in [0.29, 0.717) is 13.2 Å². The van der Waals surface area contributed by atoms with Crippen LogP contribution in [0.1, 0.15) is 26.2 Å². The lowest BCUT2D eigenvalue weighted by Gasteiger charge is -2.23. The highest BCUT2D eigenvalue weighted by Crippen LogP contribution is 2.46. The molecule has 2 fully saturated rings. The second-order valence-corrected chi connectivity index (χ2v) is 4.06. The predicted octanol–water partition coefficient (Wildman–Crippen LogP) is 1.12. The van der Waals surface area contributed by atoms with Crippen LogP contribution in [0, 0.1) is 5.41 Å². The van der Waals surface area contributed by atoms with Crippen LogP contribution in [0.3, 0.4) is 0 Å². The molecule has 1 spiro atoms. The molecule has 2 rings (SSSR count). The highest BCUT2D eigenvalue weighted by Gasteiger charge is 2.49. The summed E-state index contributed by atoms with van der Waals surface area (Å²) in [5.41, 5.74) is -0.218. The van der Waals surface area contributed by atoms with Gasteiger partial charge < -0.3 is 14.3 Å². The van der Waals surface area contributed by atoms with E-state index in [1.54, 1.807) is 0 Å². The van der Waals surface area contributed by atoms with Crippen molar-refractivity contribution in [1.29, 1.82) is 0 Å². The molecular weight excluding hydrogens is 156 g/mol. The van der Waals surface area contributed by atoms with E-state index < -0.39 is 5.79 Å². The number of rotatable bonds is 1. The maximum absolute atomic E-state index is 10.8. The van der Waals surface area contributed by atoms with Crippen LogP contribution in [0.25, 0.3) is 0 Å². The van der Waals surface area contributed by atoms with Crippen LogP contribution < -0.4 is 0 Å². The minimum absolute atomic E-state index is 0.218. The molecule has 0 bridgehead atoms. The molecular formula is C9H14O3. The van der Waals surface area contributed by atoms with E-state index >= 15 is 0 Å². The van der Waals surface area contributed by atoms with Gasteiger partial charge in [-0.2, -0.15) is 0 Å². The van der Waals surface area contributed by atoms with E-state index in [2.05, 4.69) is 0 Å². The number of aldehydes is 1. The number of hydrogen-bond acceptors (Lipinski definition) is 3. The predicted molar refractivity (Wildman–Crippen MR) is 42.7 cm³/mol. The lowest BCUT2D eigenvalue weighted by Crippen LogP contribution is -2.28. The Labute approximate surface area is 72.0 Å². The fourth-order valence-corrected chi connectivity index (χ4v) is 2.11. The summed E-state index contributed by atoms with van der Waals surface area (Å²) in [6.07, 6.45) is 3.51. The third-order valence-electron chi connectivity index (χ3n) is 2.85. The molecule has 0 radical (unpaired) electrons. The van der Waals surface area contributed by atoms with Crippen LogP contribution in [0.15, 0.2) is 0 Å². The van der Waals surface area contributed by atoms with Crippen molar-refractivity contribution in [3.8, 4) is 0 Å². The van der Waals surface area contributed by atoms with Gasteiger partial charge in [0, 0.05) is 18.3 Å². The molecule has 0 aromatic heterocycles. The molecule has 0 unspecified atom stereocenters. The van der Waals surface area contributed by atoms with E-state index in [1.807, 2.05) is 6.92 Å². The van der Waals surface area contributed by atoms with Crippen LogP contribution >= 0.6 is 0 Å². The number of carbonyl (C=O) groups excluding carboxylic acids is 1. The fraction of sp³-hybridized carbons (Fsp3) is 0.889. The lowest BCUT2D eigenvalue weighted by atomic mass is 9.91. The van der Waals surface area contributed by atoms with Crippen molar-refractivity contribution in [2.24, 2.45) is 5.41 Å². The molecule has 2 aliphatic rings. The Morgan fingerprint density at radius 1 is 1.25 bits per heavy atom. The molecule has 0 amide bonds. The fourth-order valence-electron chi connectivity index (χ4n) is 2.11. The first-order valence-electron chi connectivity index (χ1n) is 4.42. The molecule has 0 N–H and O–H groups in total. The molecule has 12 heavy (non-hydrogen) atoms. The van der Waals surface area contributed by atoms with E-state index in [1.165, 1.54) is 0 Å². The Morgan fingerprint density at radius 2 is 1.92 bits per heavy atom. The maximum atomic E-state index is 10.8. The average molecular weight is 170 g/mol. The van der Waals surface area contributed by atoms with Crippen molar-refractivity contribution in [3.63, 3.8) is 0 Å². The number of hydrogen-bond donors (Lipinski definition) is 0. The number of ether oxygens (including phenoxy) is 2. The zero-order valence-electron chi connectivity index (χ0n) is 7.34. The summed E-state index contributed by atoms with van der Waals surface area (Å²) in [5.74, 6) is -0.407. The minimum atomic E-state index is -0.407. The molecule has 1 atom stereocenters. The third kappa shape index (κ3) is 1.17. The lowest BCUT2D eigenvalue weighted by molar-refractivity contribution is -0.157. The second kappa shape index (κ2) is 2.54. The van der Waals surface area contributed by atoms with Gasteiger partial charge in [0.2, 0.25) is 0 Å². The zero-order chi connectivity index (χ0) is 8.66. The minimum Gasteiger partial charge on any atom is -0.348 e. The Balaban J connectivity index is 2.10. The molecule has 1 saturated heterocycles. The SMILES string of the molecule is C[C@]1(C=O)CCC2(C1)OCCO2. The summed E-state index contributed by atoms with van der Waals surface area (Å²) in [5, 5.41) is 0.